The fraction of sp³-hybridized carbons (Fsp3) is 0.148. The molecule has 0 amide bonds. The number of fused-ring (bicyclic) bond motifs is 9. The molecule has 0 saturated heterocycles. The first-order valence-corrected chi connectivity index (χ1v) is 25.6. The van der Waals surface area contributed by atoms with Gasteiger partial charge in [-0.2, -0.15) is 0 Å². The minimum atomic E-state index is -1.00. The van der Waals surface area contributed by atoms with Gasteiger partial charge in [0.1, 0.15) is 63.7 Å². The average Bonchev–Trinajstić information content (AvgIpc) is 4.30. The summed E-state index contributed by atoms with van der Waals surface area (Å²) in [4.78, 5) is 82.1. The zero-order chi connectivity index (χ0) is 56.7. The summed E-state index contributed by atoms with van der Waals surface area (Å²) in [6.45, 7) is 0.765. The van der Waals surface area contributed by atoms with Crippen molar-refractivity contribution in [2.75, 3.05) is 0 Å². The van der Waals surface area contributed by atoms with Gasteiger partial charge >= 0.3 is 5.97 Å². The second-order valence-corrected chi connectivity index (χ2v) is 18.9. The molecule has 0 spiro atoms. The number of carbonyl (C=O) groups excluding carboxylic acids is 2. The predicted molar refractivity (Wildman–Crippen MR) is 297 cm³/mol. The fourth-order valence-corrected chi connectivity index (χ4v) is 9.58. The highest BCUT2D eigenvalue weighted by atomic mass is 19.1. The van der Waals surface area contributed by atoms with E-state index in [1.54, 1.807) is 111 Å². The molecule has 12 aromatic rings. The van der Waals surface area contributed by atoms with Crippen molar-refractivity contribution in [1.82, 2.24) is 36.9 Å². The molecule has 0 saturated carbocycles. The zero-order valence-corrected chi connectivity index (χ0v) is 43.1. The van der Waals surface area contributed by atoms with Crippen molar-refractivity contribution in [3.8, 4) is 11.5 Å². The smallest absolute Gasteiger partial charge is 0.305 e. The van der Waals surface area contributed by atoms with E-state index in [-0.39, 0.29) is 85.7 Å². The zero-order valence-electron chi connectivity index (χ0n) is 43.1. The van der Waals surface area contributed by atoms with Gasteiger partial charge in [0, 0.05) is 75.3 Å². The summed E-state index contributed by atoms with van der Waals surface area (Å²) in [6, 6.07) is 39.5. The monoisotopic (exact) mass is 1090 g/mol. The number of aryl methyl sites for hydroxylation is 3. The Morgan fingerprint density at radius 3 is 1.27 bits per heavy atom. The van der Waals surface area contributed by atoms with Crippen LogP contribution in [0.5, 0.6) is 11.5 Å². The Morgan fingerprint density at radius 2 is 0.877 bits per heavy atom. The number of halogens is 3. The molecule has 0 aliphatic heterocycles. The number of benzene rings is 4. The molecule has 408 valence electrons. The number of rotatable bonds is 16. The van der Waals surface area contributed by atoms with Crippen molar-refractivity contribution in [2.24, 2.45) is 0 Å². The molecule has 0 unspecified atom stereocenters. The van der Waals surface area contributed by atoms with Gasteiger partial charge in [-0.3, -0.25) is 38.7 Å². The Labute approximate surface area is 456 Å². The summed E-state index contributed by atoms with van der Waals surface area (Å²) < 4.78 is 56.2. The molecule has 0 aliphatic carbocycles. The van der Waals surface area contributed by atoms with E-state index in [2.05, 4.69) is 9.97 Å². The quantitative estimate of drug-likeness (QED) is 0.0933. The number of hydrogen-bond acceptors (Lipinski definition) is 10. The number of ether oxygens (including phenoxy) is 1. The second-order valence-electron chi connectivity index (χ2n) is 18.9. The maximum atomic E-state index is 13.9. The maximum absolute atomic E-state index is 13.9. The van der Waals surface area contributed by atoms with Gasteiger partial charge in [-0.05, 0) is 121 Å². The van der Waals surface area contributed by atoms with Crippen molar-refractivity contribution in [3.63, 3.8) is 0 Å². The van der Waals surface area contributed by atoms with E-state index in [9.17, 15) is 47.0 Å². The average molecular weight is 1100 g/mol. The number of Topliss-reactive ketones (excluding diaryl/α,β-unsaturated/α-hetero) is 2. The summed E-state index contributed by atoms with van der Waals surface area (Å²) in [6.07, 6.45) is 8.44. The molecule has 0 atom stereocenters. The van der Waals surface area contributed by atoms with E-state index in [1.807, 2.05) is 30.3 Å². The lowest BCUT2D eigenvalue weighted by atomic mass is 10.1. The standard InChI is InChI=1S/C27H22FN3O3.C20H16FN3O3.C14H11FN2O3/c28-20-8-11-24-26(15-20)31(27(33)25-7-4-13-30(24)25)14-12-22(32)16-21-9-10-23(17-29-21)34-18-19-5-2-1-3-6-19;21-13-3-6-17-19(10-13)24(20(27)18-2-1-8-23(17)18)9-7-15(25)11-14-4-5-16(26)12-22-14;15-9-3-4-10-12(8-9)17(7-5-13(18)19)14(20)11-2-1-6-16(10)11/h1-11,13,15,17H,12,14,16,18H2;1-6,8,10,12,26H,7,9,11H2;1-4,6,8H,5,7H2,(H,18,19). The first-order valence-electron chi connectivity index (χ1n) is 25.6. The Balaban J connectivity index is 0.000000141. The van der Waals surface area contributed by atoms with Gasteiger partial charge in [-0.25, -0.2) is 13.2 Å². The molecule has 0 aliphatic rings. The van der Waals surface area contributed by atoms with Crippen LogP contribution in [0.25, 0.3) is 49.7 Å². The van der Waals surface area contributed by atoms with Crippen molar-refractivity contribution >= 4 is 67.2 Å². The van der Waals surface area contributed by atoms with Crippen LogP contribution in [0.3, 0.4) is 0 Å². The third kappa shape index (κ3) is 12.0. The van der Waals surface area contributed by atoms with Gasteiger partial charge in [0.2, 0.25) is 0 Å². The van der Waals surface area contributed by atoms with Crippen LogP contribution in [0.1, 0.15) is 36.2 Å². The third-order valence-corrected chi connectivity index (χ3v) is 13.5. The van der Waals surface area contributed by atoms with Crippen LogP contribution < -0.4 is 21.4 Å². The minimum absolute atomic E-state index is 0.00972. The molecule has 4 aromatic carbocycles. The highest BCUT2D eigenvalue weighted by Gasteiger charge is 2.17. The second kappa shape index (κ2) is 23.7. The van der Waals surface area contributed by atoms with Crippen LogP contribution in [0.2, 0.25) is 0 Å². The van der Waals surface area contributed by atoms with Crippen molar-refractivity contribution in [2.45, 2.75) is 58.3 Å². The summed E-state index contributed by atoms with van der Waals surface area (Å²) in [5.74, 6) is -1.84. The van der Waals surface area contributed by atoms with E-state index >= 15 is 0 Å². The van der Waals surface area contributed by atoms with Crippen LogP contribution in [0, 0.1) is 17.5 Å². The normalized spacial score (nSPS) is 11.2. The lowest BCUT2D eigenvalue weighted by molar-refractivity contribution is -0.137. The van der Waals surface area contributed by atoms with Crippen LogP contribution in [0.4, 0.5) is 13.2 Å². The largest absolute Gasteiger partial charge is 0.506 e. The molecular weight excluding hydrogens is 1050 g/mol. The molecule has 2 N–H and O–H groups in total. The number of aliphatic carboxylic acids is 1. The number of carboxylic acid groups (broad SMARTS) is 1. The van der Waals surface area contributed by atoms with Gasteiger partial charge in [-0.1, -0.05) is 30.3 Å². The highest BCUT2D eigenvalue weighted by Crippen LogP contribution is 2.21. The lowest BCUT2D eigenvalue weighted by Crippen LogP contribution is -2.24. The minimum Gasteiger partial charge on any atom is -0.506 e. The van der Waals surface area contributed by atoms with E-state index in [1.165, 1.54) is 62.4 Å². The van der Waals surface area contributed by atoms with Crippen LogP contribution in [-0.4, -0.2) is 64.6 Å². The molecular formula is C61H49F3N8O9. The number of hydrogen-bond donors (Lipinski definition) is 2. The number of aromatic nitrogens is 8. The number of carboxylic acids is 1. The first kappa shape index (κ1) is 54.0. The molecule has 81 heavy (non-hydrogen) atoms. The van der Waals surface area contributed by atoms with Gasteiger partial charge < -0.3 is 41.9 Å². The number of nitrogens with zero attached hydrogens (tertiary/aromatic N) is 8. The number of aromatic hydroxyl groups is 1. The third-order valence-electron chi connectivity index (χ3n) is 13.5. The topological polar surface area (TPSA) is 206 Å². The molecule has 17 nitrogen and oxygen atoms in total. The number of ketones is 2. The molecule has 0 bridgehead atoms. The molecule has 8 aromatic heterocycles. The van der Waals surface area contributed by atoms with Gasteiger partial charge in [-0.15, -0.1) is 0 Å². The maximum Gasteiger partial charge on any atom is 0.305 e. The van der Waals surface area contributed by atoms with Gasteiger partial charge in [0.05, 0.1) is 51.9 Å². The van der Waals surface area contributed by atoms with Crippen LogP contribution in [-0.2, 0) is 53.5 Å². The molecule has 0 fully saturated rings. The summed E-state index contributed by atoms with van der Waals surface area (Å²) >= 11 is 0. The Kier molecular flexibility index (Phi) is 15.8. The Bertz CT molecular complexity index is 4510. The van der Waals surface area contributed by atoms with Gasteiger partial charge in [0.25, 0.3) is 16.7 Å². The van der Waals surface area contributed by atoms with Crippen LogP contribution in [0.15, 0.2) is 191 Å². The van der Waals surface area contributed by atoms with E-state index < -0.39 is 23.4 Å². The van der Waals surface area contributed by atoms with Crippen molar-refractivity contribution in [3.05, 3.63) is 242 Å². The fourth-order valence-electron chi connectivity index (χ4n) is 9.58. The summed E-state index contributed by atoms with van der Waals surface area (Å²) in [5, 5.41) is 18.0. The SMILES string of the molecule is O=C(CCn1c(=O)c2cccn2c2ccc(F)cc21)Cc1ccc(O)cn1.O=C(CCn1c(=O)c2cccn2c2ccc(F)cc21)Cc1ccc(OCc2ccccc2)cn1.O=C(O)CCn1c(=O)c2cccn2c2ccc(F)cc21. The highest BCUT2D eigenvalue weighted by molar-refractivity contribution is 5.84. The molecule has 8 heterocycles. The summed E-state index contributed by atoms with van der Waals surface area (Å²) in [5.41, 5.74) is 6.14. The lowest BCUT2D eigenvalue weighted by Gasteiger charge is -2.12. The van der Waals surface area contributed by atoms with E-state index in [4.69, 9.17) is 9.84 Å². The molecule has 12 rings (SSSR count). The first-order chi connectivity index (χ1) is 39.2. The Hall–Kier alpha value is -10.4. The van der Waals surface area contributed by atoms with Crippen molar-refractivity contribution < 1.29 is 42.5 Å². The number of carbonyl (C=O) groups is 3. The van der Waals surface area contributed by atoms with E-state index in [0.717, 1.165) is 5.56 Å². The molecule has 20 heteroatoms. The van der Waals surface area contributed by atoms with E-state index in [0.29, 0.717) is 73.4 Å². The van der Waals surface area contributed by atoms with Crippen LogP contribution >= 0.6 is 0 Å². The Morgan fingerprint density at radius 1 is 0.457 bits per heavy atom. The molecule has 0 radical (unpaired) electrons. The summed E-state index contributed by atoms with van der Waals surface area (Å²) in [7, 11) is 0. The van der Waals surface area contributed by atoms with Crippen molar-refractivity contribution in [1.29, 1.82) is 0 Å². The van der Waals surface area contributed by atoms with Gasteiger partial charge in [0.15, 0.2) is 0 Å². The number of pyridine rings is 2. The predicted octanol–water partition coefficient (Wildman–Crippen LogP) is 9.13.